The molecule has 44 heavy (non-hydrogen) atoms. The van der Waals surface area contributed by atoms with Gasteiger partial charge in [0.15, 0.2) is 0 Å². The average molecular weight is 590 g/mol. The van der Waals surface area contributed by atoms with E-state index in [9.17, 15) is 14.4 Å². The molecule has 0 atom stereocenters. The number of hydrogen-bond donors (Lipinski definition) is 2. The summed E-state index contributed by atoms with van der Waals surface area (Å²) in [6.07, 6.45) is 2.23. The summed E-state index contributed by atoms with van der Waals surface area (Å²) in [6, 6.07) is 27.6. The van der Waals surface area contributed by atoms with Gasteiger partial charge in [0.25, 0.3) is 11.8 Å². The Bertz CT molecular complexity index is 1680. The van der Waals surface area contributed by atoms with Gasteiger partial charge in [-0.15, -0.1) is 0 Å². The Morgan fingerprint density at radius 3 is 2.16 bits per heavy atom. The van der Waals surface area contributed by atoms with Crippen molar-refractivity contribution >= 4 is 45.6 Å². The molecule has 2 heterocycles. The minimum atomic E-state index is -0.219. The number of para-hydroxylation sites is 1. The van der Waals surface area contributed by atoms with Gasteiger partial charge in [-0.1, -0.05) is 48.5 Å². The lowest BCUT2D eigenvalue weighted by Crippen LogP contribution is -2.47. The van der Waals surface area contributed by atoms with Crippen molar-refractivity contribution in [2.75, 3.05) is 60.9 Å². The number of anilines is 3. The fraction of sp³-hybridized carbons (Fsp3) is 0.306. The molecular weight excluding hydrogens is 550 g/mol. The lowest BCUT2D eigenvalue weighted by Gasteiger charge is -2.38. The number of piperazine rings is 1. The highest BCUT2D eigenvalue weighted by Gasteiger charge is 2.23. The van der Waals surface area contributed by atoms with Crippen LogP contribution >= 0.6 is 0 Å². The van der Waals surface area contributed by atoms with Gasteiger partial charge in [0.2, 0.25) is 5.91 Å². The molecule has 3 amide bonds. The highest BCUT2D eigenvalue weighted by molar-refractivity contribution is 6.08. The topological polar surface area (TPSA) is 85.0 Å². The van der Waals surface area contributed by atoms with Gasteiger partial charge < -0.3 is 25.3 Å². The fourth-order valence-corrected chi connectivity index (χ4v) is 6.20. The summed E-state index contributed by atoms with van der Waals surface area (Å²) < 4.78 is 0. The van der Waals surface area contributed by atoms with Crippen LogP contribution in [0, 0.1) is 6.92 Å². The predicted octanol–water partition coefficient (Wildman–Crippen LogP) is 5.47. The Morgan fingerprint density at radius 1 is 0.727 bits per heavy atom. The molecule has 8 heteroatoms. The Morgan fingerprint density at radius 2 is 1.41 bits per heavy atom. The van der Waals surface area contributed by atoms with E-state index < -0.39 is 0 Å². The minimum Gasteiger partial charge on any atom is -0.368 e. The van der Waals surface area contributed by atoms with E-state index in [0.717, 1.165) is 55.6 Å². The van der Waals surface area contributed by atoms with Gasteiger partial charge in [-0.2, -0.15) is 0 Å². The van der Waals surface area contributed by atoms with Crippen LogP contribution in [0.3, 0.4) is 0 Å². The van der Waals surface area contributed by atoms with Crippen molar-refractivity contribution in [2.24, 2.45) is 0 Å². The third kappa shape index (κ3) is 6.54. The monoisotopic (exact) mass is 589 g/mol. The summed E-state index contributed by atoms with van der Waals surface area (Å²) in [5.41, 5.74) is 5.06. The van der Waals surface area contributed by atoms with Crippen molar-refractivity contribution < 1.29 is 14.4 Å². The van der Waals surface area contributed by atoms with Gasteiger partial charge in [-0.05, 0) is 72.5 Å². The lowest BCUT2D eigenvalue weighted by molar-refractivity contribution is -0.127. The zero-order chi connectivity index (χ0) is 30.5. The summed E-state index contributed by atoms with van der Waals surface area (Å²) in [5.74, 6) is -0.225. The Labute approximate surface area is 258 Å². The number of carbonyl (C=O) groups is 3. The van der Waals surface area contributed by atoms with E-state index in [4.69, 9.17) is 0 Å². The van der Waals surface area contributed by atoms with E-state index >= 15 is 0 Å². The Hall–Kier alpha value is -4.85. The molecule has 2 aliphatic heterocycles. The first-order chi connectivity index (χ1) is 21.5. The summed E-state index contributed by atoms with van der Waals surface area (Å²) in [5, 5.41) is 8.19. The molecule has 2 aliphatic rings. The van der Waals surface area contributed by atoms with Crippen molar-refractivity contribution in [3.63, 3.8) is 0 Å². The maximum atomic E-state index is 13.5. The number of nitrogens with one attached hydrogen (secondary N) is 2. The largest absolute Gasteiger partial charge is 0.368 e. The highest BCUT2D eigenvalue weighted by Crippen LogP contribution is 2.31. The number of hydrogen-bond acceptors (Lipinski definition) is 5. The van der Waals surface area contributed by atoms with Crippen LogP contribution in [-0.4, -0.2) is 68.4 Å². The zero-order valence-corrected chi connectivity index (χ0v) is 25.2. The summed E-state index contributed by atoms with van der Waals surface area (Å²) in [4.78, 5) is 45.1. The van der Waals surface area contributed by atoms with E-state index in [1.165, 1.54) is 11.3 Å². The van der Waals surface area contributed by atoms with Gasteiger partial charge in [0.05, 0.1) is 11.4 Å². The summed E-state index contributed by atoms with van der Waals surface area (Å²) in [7, 11) is 0. The van der Waals surface area contributed by atoms with Crippen LogP contribution in [0.2, 0.25) is 0 Å². The number of aryl methyl sites for hydroxylation is 1. The second kappa shape index (κ2) is 13.2. The molecule has 0 aliphatic carbocycles. The van der Waals surface area contributed by atoms with Crippen molar-refractivity contribution in [3.8, 4) is 0 Å². The number of fused-ring (bicyclic) bond motifs is 1. The average Bonchev–Trinajstić information content (AvgIpc) is 3.47. The first-order valence-electron chi connectivity index (χ1n) is 15.5. The molecule has 2 fully saturated rings. The van der Waals surface area contributed by atoms with Crippen LogP contribution in [0.5, 0.6) is 0 Å². The molecule has 0 aromatic heterocycles. The van der Waals surface area contributed by atoms with E-state index in [1.54, 1.807) is 6.07 Å². The van der Waals surface area contributed by atoms with Crippen LogP contribution in [-0.2, 0) is 4.79 Å². The molecule has 4 aromatic carbocycles. The van der Waals surface area contributed by atoms with Crippen LogP contribution in [0.25, 0.3) is 10.8 Å². The molecule has 2 saturated heterocycles. The quantitative estimate of drug-likeness (QED) is 0.253. The standard InChI is InChI=1S/C36H39N5O3/c1-26-8-2-5-11-32(26)39-20-22-40(23-21-39)33-16-15-30(35(43)37-17-7-19-41-18-6-12-34(41)42)25-31(33)38-36(44)29-14-13-27-9-3-4-10-28(27)24-29/h2-5,8-11,13-16,24-25H,6-7,12,17-23H2,1H3,(H,37,43)(H,38,44). The van der Waals surface area contributed by atoms with Crippen LogP contribution < -0.4 is 20.4 Å². The maximum absolute atomic E-state index is 13.5. The van der Waals surface area contributed by atoms with Gasteiger partial charge in [0, 0.05) is 69.0 Å². The van der Waals surface area contributed by atoms with E-state index in [-0.39, 0.29) is 17.7 Å². The smallest absolute Gasteiger partial charge is 0.255 e. The molecular formula is C36H39N5O3. The number of benzene rings is 4. The third-order valence-corrected chi connectivity index (χ3v) is 8.66. The van der Waals surface area contributed by atoms with Gasteiger partial charge in [-0.25, -0.2) is 0 Å². The van der Waals surface area contributed by atoms with Crippen molar-refractivity contribution in [2.45, 2.75) is 26.2 Å². The maximum Gasteiger partial charge on any atom is 0.255 e. The third-order valence-electron chi connectivity index (χ3n) is 8.66. The van der Waals surface area contributed by atoms with Crippen molar-refractivity contribution in [1.29, 1.82) is 0 Å². The summed E-state index contributed by atoms with van der Waals surface area (Å²) >= 11 is 0. The first-order valence-corrected chi connectivity index (χ1v) is 15.5. The highest BCUT2D eigenvalue weighted by atomic mass is 16.2. The Kier molecular flexibility index (Phi) is 8.77. The number of nitrogens with zero attached hydrogens (tertiary/aromatic N) is 3. The Balaban J connectivity index is 1.19. The second-order valence-electron chi connectivity index (χ2n) is 11.6. The lowest BCUT2D eigenvalue weighted by atomic mass is 10.1. The van der Waals surface area contributed by atoms with Gasteiger partial charge >= 0.3 is 0 Å². The van der Waals surface area contributed by atoms with Crippen molar-refractivity contribution in [3.05, 3.63) is 102 Å². The number of rotatable bonds is 9. The second-order valence-corrected chi connectivity index (χ2v) is 11.6. The van der Waals surface area contributed by atoms with E-state index in [2.05, 4.69) is 51.6 Å². The van der Waals surface area contributed by atoms with Crippen LogP contribution in [0.4, 0.5) is 17.1 Å². The molecule has 0 bridgehead atoms. The zero-order valence-electron chi connectivity index (χ0n) is 25.2. The first kappa shape index (κ1) is 29.2. The molecule has 0 unspecified atom stereocenters. The molecule has 6 rings (SSSR count). The molecule has 8 nitrogen and oxygen atoms in total. The number of amides is 3. The van der Waals surface area contributed by atoms with Crippen molar-refractivity contribution in [1.82, 2.24) is 10.2 Å². The van der Waals surface area contributed by atoms with Crippen LogP contribution in [0.15, 0.2) is 84.9 Å². The normalized spacial score (nSPS) is 15.1. The van der Waals surface area contributed by atoms with E-state index in [0.29, 0.717) is 42.7 Å². The molecule has 226 valence electrons. The predicted molar refractivity (Wildman–Crippen MR) is 177 cm³/mol. The minimum absolute atomic E-state index is 0.193. The fourth-order valence-electron chi connectivity index (χ4n) is 6.20. The molecule has 0 radical (unpaired) electrons. The van der Waals surface area contributed by atoms with Crippen LogP contribution in [0.1, 0.15) is 45.5 Å². The number of likely N-dealkylation sites (tertiary alicyclic amines) is 1. The SMILES string of the molecule is Cc1ccccc1N1CCN(c2ccc(C(=O)NCCCN3CCCC3=O)cc2NC(=O)c2ccc3ccccc3c2)CC1. The molecule has 0 spiro atoms. The van der Waals surface area contributed by atoms with Gasteiger partial charge in [0.1, 0.15) is 0 Å². The molecule has 2 N–H and O–H groups in total. The van der Waals surface area contributed by atoms with E-state index in [1.807, 2.05) is 59.5 Å². The van der Waals surface area contributed by atoms with Gasteiger partial charge in [-0.3, -0.25) is 14.4 Å². The molecule has 4 aromatic rings. The summed E-state index contributed by atoms with van der Waals surface area (Å²) in [6.45, 7) is 7.34. The molecule has 0 saturated carbocycles. The number of carbonyl (C=O) groups excluding carboxylic acids is 3.